The van der Waals surface area contributed by atoms with E-state index < -0.39 is 24.4 Å². The van der Waals surface area contributed by atoms with Crippen molar-refractivity contribution >= 4 is 40.9 Å². The molecule has 29 heavy (non-hydrogen) atoms. The number of nitriles is 1. The molecule has 1 aliphatic rings. The van der Waals surface area contributed by atoms with Crippen LogP contribution in [0.1, 0.15) is 12.0 Å². The minimum Gasteiger partial charge on any atom is -0.455 e. The van der Waals surface area contributed by atoms with E-state index >= 15 is 0 Å². The summed E-state index contributed by atoms with van der Waals surface area (Å²) in [5.74, 6) is -1.82. The second-order valence-corrected chi connectivity index (χ2v) is 7.33. The molecular formula is C21H19N3O4S. The Morgan fingerprint density at radius 2 is 2.03 bits per heavy atom. The molecule has 1 fully saturated rings. The zero-order valence-corrected chi connectivity index (χ0v) is 16.6. The molecule has 1 atom stereocenters. The van der Waals surface area contributed by atoms with E-state index in [0.717, 1.165) is 10.6 Å². The summed E-state index contributed by atoms with van der Waals surface area (Å²) in [4.78, 5) is 39.2. The number of benzene rings is 2. The number of nitrogens with one attached hydrogen (secondary N) is 1. The van der Waals surface area contributed by atoms with Crippen molar-refractivity contribution in [1.29, 1.82) is 5.26 Å². The number of esters is 1. The number of amides is 2. The summed E-state index contributed by atoms with van der Waals surface area (Å²) in [7, 11) is 0. The van der Waals surface area contributed by atoms with Crippen LogP contribution in [-0.4, -0.2) is 37.2 Å². The van der Waals surface area contributed by atoms with E-state index in [-0.39, 0.29) is 18.9 Å². The number of hydrogen-bond donors (Lipinski definition) is 1. The van der Waals surface area contributed by atoms with Gasteiger partial charge < -0.3 is 15.0 Å². The molecule has 0 bridgehead atoms. The highest BCUT2D eigenvalue weighted by molar-refractivity contribution is 7.98. The fraction of sp³-hybridized carbons (Fsp3) is 0.238. The Morgan fingerprint density at radius 1 is 1.28 bits per heavy atom. The fourth-order valence-corrected chi connectivity index (χ4v) is 3.43. The van der Waals surface area contributed by atoms with Gasteiger partial charge >= 0.3 is 5.97 Å². The lowest BCUT2D eigenvalue weighted by Gasteiger charge is -2.17. The minimum absolute atomic E-state index is 0.0551. The lowest BCUT2D eigenvalue weighted by Crippen LogP contribution is -2.28. The first-order valence-electron chi connectivity index (χ1n) is 8.91. The van der Waals surface area contributed by atoms with Gasteiger partial charge in [0, 0.05) is 29.2 Å². The number of anilines is 2. The molecule has 0 saturated carbocycles. The molecule has 1 heterocycles. The van der Waals surface area contributed by atoms with Crippen molar-refractivity contribution in [3.63, 3.8) is 0 Å². The standard InChI is InChI=1S/C21H19N3O4S/c1-29-18-4-2-3-17(10-18)24-12-15(9-20(24)26)21(27)28-13-19(25)23-16-7-5-14(11-22)6-8-16/h2-8,10,15H,9,12-13H2,1H3,(H,23,25)/t15-/m1/s1. The summed E-state index contributed by atoms with van der Waals surface area (Å²) >= 11 is 1.57. The Morgan fingerprint density at radius 3 is 2.72 bits per heavy atom. The molecule has 3 rings (SSSR count). The number of thioether (sulfide) groups is 1. The molecule has 0 aliphatic carbocycles. The van der Waals surface area contributed by atoms with Crippen molar-refractivity contribution in [2.75, 3.05) is 29.6 Å². The summed E-state index contributed by atoms with van der Waals surface area (Å²) in [6.07, 6.45) is 2.01. The number of ether oxygens (including phenoxy) is 1. The molecule has 2 amide bonds. The van der Waals surface area contributed by atoms with Gasteiger partial charge in [-0.1, -0.05) is 6.07 Å². The molecule has 0 unspecified atom stereocenters. The van der Waals surface area contributed by atoms with E-state index in [1.807, 2.05) is 36.6 Å². The van der Waals surface area contributed by atoms with Crippen molar-refractivity contribution in [2.24, 2.45) is 5.92 Å². The van der Waals surface area contributed by atoms with E-state index in [0.29, 0.717) is 11.3 Å². The second kappa shape index (κ2) is 9.26. The molecule has 0 aromatic heterocycles. The Bertz CT molecular complexity index is 969. The third-order valence-corrected chi connectivity index (χ3v) is 5.19. The van der Waals surface area contributed by atoms with Crippen LogP contribution in [0, 0.1) is 17.2 Å². The summed E-state index contributed by atoms with van der Waals surface area (Å²) in [6, 6.07) is 15.9. The average Bonchev–Trinajstić information content (AvgIpc) is 3.14. The highest BCUT2D eigenvalue weighted by atomic mass is 32.2. The number of carbonyl (C=O) groups is 3. The fourth-order valence-electron chi connectivity index (χ4n) is 2.97. The van der Waals surface area contributed by atoms with E-state index in [2.05, 4.69) is 5.32 Å². The summed E-state index contributed by atoms with van der Waals surface area (Å²) in [6.45, 7) is -0.210. The zero-order chi connectivity index (χ0) is 20.8. The third-order valence-electron chi connectivity index (χ3n) is 4.47. The Hall–Kier alpha value is -3.31. The second-order valence-electron chi connectivity index (χ2n) is 6.45. The summed E-state index contributed by atoms with van der Waals surface area (Å²) in [5.41, 5.74) is 1.73. The normalized spacial score (nSPS) is 15.7. The monoisotopic (exact) mass is 409 g/mol. The van der Waals surface area contributed by atoms with Gasteiger partial charge in [0.25, 0.3) is 5.91 Å². The topological polar surface area (TPSA) is 99.5 Å². The maximum atomic E-state index is 12.3. The molecule has 2 aromatic carbocycles. The zero-order valence-electron chi connectivity index (χ0n) is 15.8. The van der Waals surface area contributed by atoms with Gasteiger partial charge in [-0.3, -0.25) is 14.4 Å². The summed E-state index contributed by atoms with van der Waals surface area (Å²) < 4.78 is 5.10. The minimum atomic E-state index is -0.608. The number of carbonyl (C=O) groups excluding carboxylic acids is 3. The van der Waals surface area contributed by atoms with Crippen molar-refractivity contribution in [1.82, 2.24) is 0 Å². The number of nitrogens with zero attached hydrogens (tertiary/aromatic N) is 2. The smallest absolute Gasteiger partial charge is 0.311 e. The molecule has 148 valence electrons. The molecule has 1 saturated heterocycles. The highest BCUT2D eigenvalue weighted by Gasteiger charge is 2.36. The van der Waals surface area contributed by atoms with Crippen LogP contribution in [0.2, 0.25) is 0 Å². The van der Waals surface area contributed by atoms with E-state index in [9.17, 15) is 14.4 Å². The molecule has 0 radical (unpaired) electrons. The molecule has 0 spiro atoms. The first-order chi connectivity index (χ1) is 14.0. The molecule has 1 aliphatic heterocycles. The summed E-state index contributed by atoms with van der Waals surface area (Å²) in [5, 5.41) is 11.4. The van der Waals surface area contributed by atoms with Crippen LogP contribution in [0.4, 0.5) is 11.4 Å². The number of rotatable bonds is 6. The van der Waals surface area contributed by atoms with Crippen LogP contribution in [0.25, 0.3) is 0 Å². The quantitative estimate of drug-likeness (QED) is 0.582. The van der Waals surface area contributed by atoms with Crippen LogP contribution in [0.15, 0.2) is 53.4 Å². The van der Waals surface area contributed by atoms with Crippen LogP contribution >= 0.6 is 11.8 Å². The average molecular weight is 409 g/mol. The van der Waals surface area contributed by atoms with Crippen molar-refractivity contribution in [2.45, 2.75) is 11.3 Å². The maximum absolute atomic E-state index is 12.3. The van der Waals surface area contributed by atoms with Gasteiger partial charge in [-0.25, -0.2) is 0 Å². The molecule has 8 heteroatoms. The van der Waals surface area contributed by atoms with Gasteiger partial charge in [0.15, 0.2) is 6.61 Å². The van der Waals surface area contributed by atoms with Crippen molar-refractivity contribution < 1.29 is 19.1 Å². The SMILES string of the molecule is CSc1cccc(N2C[C@H](C(=O)OCC(=O)Nc3ccc(C#N)cc3)CC2=O)c1. The first-order valence-corrected chi connectivity index (χ1v) is 10.1. The van der Waals surface area contributed by atoms with Crippen LogP contribution < -0.4 is 10.2 Å². The van der Waals surface area contributed by atoms with Gasteiger partial charge in [-0.05, 0) is 48.7 Å². The van der Waals surface area contributed by atoms with Gasteiger partial charge in [0.1, 0.15) is 0 Å². The molecule has 2 aromatic rings. The maximum Gasteiger partial charge on any atom is 0.311 e. The van der Waals surface area contributed by atoms with E-state index in [4.69, 9.17) is 10.00 Å². The molecule has 7 nitrogen and oxygen atoms in total. The van der Waals surface area contributed by atoms with Crippen LogP contribution in [-0.2, 0) is 19.1 Å². The van der Waals surface area contributed by atoms with Gasteiger partial charge in [0.2, 0.25) is 5.91 Å². The van der Waals surface area contributed by atoms with Gasteiger partial charge in [-0.15, -0.1) is 11.8 Å². The van der Waals surface area contributed by atoms with Crippen LogP contribution in [0.5, 0.6) is 0 Å². The van der Waals surface area contributed by atoms with E-state index in [1.54, 1.807) is 40.9 Å². The van der Waals surface area contributed by atoms with Crippen LogP contribution in [0.3, 0.4) is 0 Å². The highest BCUT2D eigenvalue weighted by Crippen LogP contribution is 2.28. The van der Waals surface area contributed by atoms with Crippen molar-refractivity contribution in [3.05, 3.63) is 54.1 Å². The lowest BCUT2D eigenvalue weighted by atomic mass is 10.1. The number of hydrogen-bond acceptors (Lipinski definition) is 6. The lowest BCUT2D eigenvalue weighted by molar-refractivity contribution is -0.151. The molecule has 1 N–H and O–H groups in total. The third kappa shape index (κ3) is 5.15. The largest absolute Gasteiger partial charge is 0.455 e. The van der Waals surface area contributed by atoms with E-state index in [1.165, 1.54) is 0 Å². The Kier molecular flexibility index (Phi) is 6.52. The first kappa shape index (κ1) is 20.4. The molecular weight excluding hydrogens is 390 g/mol. The Labute approximate surface area is 172 Å². The van der Waals surface area contributed by atoms with Gasteiger partial charge in [0.05, 0.1) is 17.6 Å². The van der Waals surface area contributed by atoms with Crippen molar-refractivity contribution in [3.8, 4) is 6.07 Å². The Balaban J connectivity index is 1.52. The van der Waals surface area contributed by atoms with Gasteiger partial charge in [-0.2, -0.15) is 5.26 Å². The predicted octanol–water partition coefficient (Wildman–Crippen LogP) is 2.81. The predicted molar refractivity (Wildman–Crippen MR) is 109 cm³/mol.